The van der Waals surface area contributed by atoms with Crippen LogP contribution in [-0.4, -0.2) is 5.91 Å². The second-order valence-electron chi connectivity index (χ2n) is 11.0. The van der Waals surface area contributed by atoms with Crippen LogP contribution in [0.15, 0.2) is 146 Å². The van der Waals surface area contributed by atoms with Gasteiger partial charge in [0.05, 0.1) is 11.3 Å². The van der Waals surface area contributed by atoms with E-state index in [0.717, 1.165) is 33.8 Å². The quantitative estimate of drug-likeness (QED) is 0.195. The zero-order valence-electron chi connectivity index (χ0n) is 24.1. The molecule has 1 aliphatic rings. The number of benzene rings is 6. The molecule has 1 heterocycles. The molecule has 0 spiro atoms. The number of fused-ring (bicyclic) bond motifs is 2. The summed E-state index contributed by atoms with van der Waals surface area (Å²) >= 11 is 0. The summed E-state index contributed by atoms with van der Waals surface area (Å²) < 4.78 is 6.27. The van der Waals surface area contributed by atoms with Gasteiger partial charge in [-0.25, -0.2) is 0 Å². The van der Waals surface area contributed by atoms with E-state index in [0.29, 0.717) is 18.7 Å². The minimum atomic E-state index is -0.350. The Hall–Kier alpha value is -5.35. The molecule has 0 fully saturated rings. The minimum absolute atomic E-state index is 0.00922. The van der Waals surface area contributed by atoms with Crippen LogP contribution in [0.1, 0.15) is 38.8 Å². The van der Waals surface area contributed by atoms with E-state index >= 15 is 0 Å². The lowest BCUT2D eigenvalue weighted by Gasteiger charge is -2.46. The van der Waals surface area contributed by atoms with E-state index in [1.165, 1.54) is 16.3 Å². The Kier molecular flexibility index (Phi) is 7.10. The van der Waals surface area contributed by atoms with Crippen LogP contribution in [0.25, 0.3) is 10.8 Å². The van der Waals surface area contributed by atoms with Crippen molar-refractivity contribution in [1.29, 1.82) is 0 Å². The molecule has 6 aromatic carbocycles. The van der Waals surface area contributed by atoms with E-state index in [9.17, 15) is 4.79 Å². The van der Waals surface area contributed by atoms with Gasteiger partial charge in [0.25, 0.3) is 5.91 Å². The van der Waals surface area contributed by atoms with Crippen molar-refractivity contribution in [3.05, 3.63) is 173 Å². The topological polar surface area (TPSA) is 32.8 Å². The first kappa shape index (κ1) is 26.5. The van der Waals surface area contributed by atoms with Crippen LogP contribution in [0.5, 0.6) is 5.75 Å². The van der Waals surface area contributed by atoms with Crippen LogP contribution in [0.3, 0.4) is 0 Å². The van der Waals surface area contributed by atoms with Gasteiger partial charge >= 0.3 is 0 Å². The summed E-state index contributed by atoms with van der Waals surface area (Å²) in [6.45, 7) is 3.19. The molecule has 1 amide bonds. The lowest BCUT2D eigenvalue weighted by Crippen LogP contribution is -2.49. The summed E-state index contributed by atoms with van der Waals surface area (Å²) in [5, 5.41) is 2.40. The Morgan fingerprint density at radius 1 is 0.674 bits per heavy atom. The van der Waals surface area contributed by atoms with Gasteiger partial charge in [-0.05, 0) is 70.8 Å². The number of ether oxygens (including phenoxy) is 1. The molecule has 0 unspecified atom stereocenters. The van der Waals surface area contributed by atoms with Crippen molar-refractivity contribution in [2.24, 2.45) is 0 Å². The number of carbonyl (C=O) groups excluding carboxylic acids is 1. The fourth-order valence-corrected chi connectivity index (χ4v) is 5.98. The number of hydrogen-bond donors (Lipinski definition) is 0. The molecule has 1 atom stereocenters. The van der Waals surface area contributed by atoms with Gasteiger partial charge in [0.1, 0.15) is 18.5 Å². The van der Waals surface area contributed by atoms with Crippen molar-refractivity contribution in [3.63, 3.8) is 0 Å². The Balaban J connectivity index is 1.26. The number of nitrogens with zero attached hydrogens (tertiary/aromatic N) is 2. The molecule has 0 saturated carbocycles. The predicted octanol–water partition coefficient (Wildman–Crippen LogP) is 9.09. The van der Waals surface area contributed by atoms with Gasteiger partial charge in [-0.2, -0.15) is 0 Å². The molecule has 6 aromatic rings. The van der Waals surface area contributed by atoms with Crippen LogP contribution in [0, 0.1) is 6.92 Å². The molecule has 0 N–H and O–H groups in total. The molecule has 4 nitrogen and oxygen atoms in total. The third kappa shape index (κ3) is 5.24. The zero-order chi connectivity index (χ0) is 29.2. The first-order valence-electron chi connectivity index (χ1n) is 14.6. The molecule has 43 heavy (non-hydrogen) atoms. The van der Waals surface area contributed by atoms with E-state index < -0.39 is 0 Å². The third-order valence-electron chi connectivity index (χ3n) is 8.16. The average Bonchev–Trinajstić information content (AvgIpc) is 3.06. The maximum atomic E-state index is 14.2. The van der Waals surface area contributed by atoms with E-state index in [1.54, 1.807) is 0 Å². The molecule has 0 saturated heterocycles. The summed E-state index contributed by atoms with van der Waals surface area (Å²) in [4.78, 5) is 18.5. The number of rotatable bonds is 7. The van der Waals surface area contributed by atoms with Crippen LogP contribution < -0.4 is 14.5 Å². The maximum absolute atomic E-state index is 14.2. The summed E-state index contributed by atoms with van der Waals surface area (Å²) in [6, 6.07) is 49.4. The van der Waals surface area contributed by atoms with Crippen molar-refractivity contribution in [2.75, 3.05) is 9.80 Å². The second kappa shape index (κ2) is 11.5. The Bertz CT molecular complexity index is 1880. The van der Waals surface area contributed by atoms with Gasteiger partial charge in [0.15, 0.2) is 0 Å². The fourth-order valence-electron chi connectivity index (χ4n) is 5.98. The number of carbonyl (C=O) groups is 1. The van der Waals surface area contributed by atoms with E-state index in [2.05, 4.69) is 109 Å². The van der Waals surface area contributed by atoms with Gasteiger partial charge in [-0.15, -0.1) is 0 Å². The van der Waals surface area contributed by atoms with Crippen molar-refractivity contribution in [3.8, 4) is 5.75 Å². The van der Waals surface area contributed by atoms with Crippen molar-refractivity contribution < 1.29 is 9.53 Å². The monoisotopic (exact) mass is 560 g/mol. The molecular formula is C39H32N2O2. The highest BCUT2D eigenvalue weighted by Crippen LogP contribution is 2.42. The van der Waals surface area contributed by atoms with Crippen molar-refractivity contribution in [1.82, 2.24) is 0 Å². The predicted molar refractivity (Wildman–Crippen MR) is 175 cm³/mol. The minimum Gasteiger partial charge on any atom is -0.489 e. The average molecular weight is 561 g/mol. The standard InChI is InChI=1S/C39H32N2O2/c1-28-18-22-33(23-19-28)41-38(40(26-29-10-3-2-4-11-29)37-17-8-7-16-36(37)39(41)42)31-20-24-34(25-21-31)43-27-32-14-9-13-30-12-5-6-15-35(30)32/h2-25,38H,26-27H2,1H3/t38-/m0/s1. The number of hydrogen-bond acceptors (Lipinski definition) is 3. The summed E-state index contributed by atoms with van der Waals surface area (Å²) in [6.07, 6.45) is -0.350. The van der Waals surface area contributed by atoms with Crippen LogP contribution in [0.2, 0.25) is 0 Å². The summed E-state index contributed by atoms with van der Waals surface area (Å²) in [7, 11) is 0. The Morgan fingerprint density at radius 3 is 2.19 bits per heavy atom. The summed E-state index contributed by atoms with van der Waals surface area (Å²) in [5.74, 6) is 0.778. The van der Waals surface area contributed by atoms with E-state index in [-0.39, 0.29) is 12.1 Å². The van der Waals surface area contributed by atoms with Gasteiger partial charge < -0.3 is 9.64 Å². The van der Waals surface area contributed by atoms with Gasteiger partial charge in [-0.1, -0.05) is 115 Å². The zero-order valence-corrected chi connectivity index (χ0v) is 24.1. The Morgan fingerprint density at radius 2 is 1.37 bits per heavy atom. The highest BCUT2D eigenvalue weighted by atomic mass is 16.5. The molecule has 1 aliphatic heterocycles. The van der Waals surface area contributed by atoms with Crippen LogP contribution in [-0.2, 0) is 13.2 Å². The lowest BCUT2D eigenvalue weighted by atomic mass is 9.99. The first-order chi connectivity index (χ1) is 21.2. The smallest absolute Gasteiger partial charge is 0.262 e. The molecule has 4 heteroatoms. The maximum Gasteiger partial charge on any atom is 0.262 e. The third-order valence-corrected chi connectivity index (χ3v) is 8.16. The van der Waals surface area contributed by atoms with Crippen molar-refractivity contribution in [2.45, 2.75) is 26.2 Å². The van der Waals surface area contributed by atoms with E-state index in [4.69, 9.17) is 4.74 Å². The van der Waals surface area contributed by atoms with Gasteiger partial charge in [0, 0.05) is 12.2 Å². The van der Waals surface area contributed by atoms with Crippen molar-refractivity contribution >= 4 is 28.1 Å². The highest BCUT2D eigenvalue weighted by Gasteiger charge is 2.39. The fraction of sp³-hybridized carbons (Fsp3) is 0.103. The number of amides is 1. The van der Waals surface area contributed by atoms with Crippen LogP contribution >= 0.6 is 0 Å². The van der Waals surface area contributed by atoms with Gasteiger partial charge in [-0.3, -0.25) is 9.69 Å². The number of anilines is 2. The Labute approximate surface area is 252 Å². The van der Waals surface area contributed by atoms with Gasteiger partial charge in [0.2, 0.25) is 0 Å². The normalized spacial score (nSPS) is 14.5. The van der Waals surface area contributed by atoms with Crippen LogP contribution in [0.4, 0.5) is 11.4 Å². The molecule has 0 bridgehead atoms. The largest absolute Gasteiger partial charge is 0.489 e. The number of para-hydroxylation sites is 1. The molecule has 0 aliphatic carbocycles. The molecule has 0 radical (unpaired) electrons. The molecule has 0 aromatic heterocycles. The van der Waals surface area contributed by atoms with E-state index in [1.807, 2.05) is 53.4 Å². The first-order valence-corrected chi connectivity index (χ1v) is 14.6. The number of aryl methyl sites for hydroxylation is 1. The second-order valence-corrected chi connectivity index (χ2v) is 11.0. The summed E-state index contributed by atoms with van der Waals surface area (Å²) in [5.41, 5.74) is 6.98. The SMILES string of the molecule is Cc1ccc(N2C(=O)c3ccccc3N(Cc3ccccc3)[C@@H]2c2ccc(OCc3cccc4ccccc34)cc2)cc1. The molecule has 7 rings (SSSR count). The highest BCUT2D eigenvalue weighted by molar-refractivity contribution is 6.12. The lowest BCUT2D eigenvalue weighted by molar-refractivity contribution is 0.0968. The molecule has 210 valence electrons. The molecular weight excluding hydrogens is 528 g/mol.